The van der Waals surface area contributed by atoms with Crippen LogP contribution in [0, 0.1) is 0 Å². The van der Waals surface area contributed by atoms with Crippen molar-refractivity contribution in [3.63, 3.8) is 0 Å². The van der Waals surface area contributed by atoms with Crippen LogP contribution in [0.3, 0.4) is 0 Å². The standard InChI is InChI=1S/C13H17FO3S/c1-16-11-8-13(18-6-4-3-5-14)12(17-2)7-10(11)9-15/h7-9H,3-6H2,1-2H3. The maximum atomic E-state index is 12.0. The van der Waals surface area contributed by atoms with Crippen molar-refractivity contribution >= 4 is 18.0 Å². The van der Waals surface area contributed by atoms with E-state index in [0.29, 0.717) is 23.5 Å². The van der Waals surface area contributed by atoms with Crippen molar-refractivity contribution in [2.45, 2.75) is 17.7 Å². The van der Waals surface area contributed by atoms with Crippen LogP contribution in [0.2, 0.25) is 0 Å². The molecule has 0 aliphatic heterocycles. The molecule has 1 aromatic rings. The average molecular weight is 272 g/mol. The van der Waals surface area contributed by atoms with Crippen molar-refractivity contribution < 1.29 is 18.7 Å². The zero-order valence-corrected chi connectivity index (χ0v) is 11.4. The third-order valence-electron chi connectivity index (χ3n) is 2.43. The van der Waals surface area contributed by atoms with Crippen LogP contribution < -0.4 is 9.47 Å². The lowest BCUT2D eigenvalue weighted by molar-refractivity contribution is 0.112. The van der Waals surface area contributed by atoms with E-state index in [1.807, 2.05) is 0 Å². The Morgan fingerprint density at radius 1 is 1.22 bits per heavy atom. The number of rotatable bonds is 8. The highest BCUT2D eigenvalue weighted by Crippen LogP contribution is 2.35. The molecule has 0 amide bonds. The maximum absolute atomic E-state index is 12.0. The molecule has 0 radical (unpaired) electrons. The predicted molar refractivity (Wildman–Crippen MR) is 70.9 cm³/mol. The van der Waals surface area contributed by atoms with E-state index >= 15 is 0 Å². The van der Waals surface area contributed by atoms with E-state index in [2.05, 4.69) is 0 Å². The fourth-order valence-electron chi connectivity index (χ4n) is 1.48. The number of hydrogen-bond donors (Lipinski definition) is 0. The van der Waals surface area contributed by atoms with Gasteiger partial charge in [0.05, 0.1) is 31.4 Å². The van der Waals surface area contributed by atoms with E-state index in [1.165, 1.54) is 7.11 Å². The number of thioether (sulfide) groups is 1. The second-order valence-corrected chi connectivity index (χ2v) is 4.74. The SMILES string of the molecule is COc1cc(SCCCCF)c(OC)cc1C=O. The van der Waals surface area contributed by atoms with Gasteiger partial charge in [0, 0.05) is 0 Å². The Morgan fingerprint density at radius 3 is 2.50 bits per heavy atom. The predicted octanol–water partition coefficient (Wildman–Crippen LogP) is 3.36. The summed E-state index contributed by atoms with van der Waals surface area (Å²) in [5, 5.41) is 0. The van der Waals surface area contributed by atoms with Crippen LogP contribution in [0.25, 0.3) is 0 Å². The van der Waals surface area contributed by atoms with Crippen LogP contribution in [0.5, 0.6) is 11.5 Å². The largest absolute Gasteiger partial charge is 0.496 e. The molecule has 100 valence electrons. The highest BCUT2D eigenvalue weighted by atomic mass is 32.2. The smallest absolute Gasteiger partial charge is 0.153 e. The average Bonchev–Trinajstić information content (AvgIpc) is 2.42. The Hall–Kier alpha value is -1.23. The van der Waals surface area contributed by atoms with Crippen LogP contribution >= 0.6 is 11.8 Å². The molecule has 0 unspecified atom stereocenters. The van der Waals surface area contributed by atoms with E-state index < -0.39 is 0 Å². The van der Waals surface area contributed by atoms with Gasteiger partial charge in [-0.05, 0) is 30.7 Å². The van der Waals surface area contributed by atoms with Crippen molar-refractivity contribution in [3.05, 3.63) is 17.7 Å². The summed E-state index contributed by atoms with van der Waals surface area (Å²) in [7, 11) is 3.08. The molecule has 0 N–H and O–H groups in total. The van der Waals surface area contributed by atoms with E-state index in [0.717, 1.165) is 23.4 Å². The van der Waals surface area contributed by atoms with Gasteiger partial charge in [-0.15, -0.1) is 11.8 Å². The Morgan fingerprint density at radius 2 is 1.94 bits per heavy atom. The number of benzene rings is 1. The molecular formula is C13H17FO3S. The zero-order chi connectivity index (χ0) is 13.4. The van der Waals surface area contributed by atoms with Crippen LogP contribution in [0.15, 0.2) is 17.0 Å². The van der Waals surface area contributed by atoms with E-state index in [-0.39, 0.29) is 6.67 Å². The minimum Gasteiger partial charge on any atom is -0.496 e. The number of hydrogen-bond acceptors (Lipinski definition) is 4. The molecule has 0 aliphatic rings. The molecule has 1 rings (SSSR count). The summed E-state index contributed by atoms with van der Waals surface area (Å²) in [6.07, 6.45) is 2.11. The number of carbonyl (C=O) groups is 1. The van der Waals surface area contributed by atoms with Gasteiger partial charge in [0.25, 0.3) is 0 Å². The van der Waals surface area contributed by atoms with Gasteiger partial charge in [-0.1, -0.05) is 0 Å². The molecule has 18 heavy (non-hydrogen) atoms. The molecule has 0 saturated carbocycles. The Bertz CT molecular complexity index is 396. The van der Waals surface area contributed by atoms with Crippen molar-refractivity contribution in [3.8, 4) is 11.5 Å². The third-order valence-corrected chi connectivity index (χ3v) is 3.55. The van der Waals surface area contributed by atoms with Crippen molar-refractivity contribution in [2.24, 2.45) is 0 Å². The second kappa shape index (κ2) is 7.97. The molecule has 0 heterocycles. The maximum Gasteiger partial charge on any atom is 0.153 e. The molecule has 3 nitrogen and oxygen atoms in total. The molecule has 0 bridgehead atoms. The van der Waals surface area contributed by atoms with Gasteiger partial charge >= 0.3 is 0 Å². The summed E-state index contributed by atoms with van der Waals surface area (Å²) in [6.45, 7) is -0.287. The fourth-order valence-corrected chi connectivity index (χ4v) is 2.52. The molecule has 0 fully saturated rings. The normalized spacial score (nSPS) is 10.2. The Kier molecular flexibility index (Phi) is 6.57. The van der Waals surface area contributed by atoms with E-state index in [4.69, 9.17) is 9.47 Å². The lowest BCUT2D eigenvalue weighted by atomic mass is 10.2. The van der Waals surface area contributed by atoms with Gasteiger partial charge < -0.3 is 9.47 Å². The summed E-state index contributed by atoms with van der Waals surface area (Å²) in [4.78, 5) is 11.8. The molecule has 0 aliphatic carbocycles. The molecule has 0 atom stereocenters. The van der Waals surface area contributed by atoms with Gasteiger partial charge in [0.1, 0.15) is 11.5 Å². The van der Waals surface area contributed by atoms with E-state index in [1.54, 1.807) is 31.0 Å². The Labute approximate surface area is 111 Å². The first-order valence-corrected chi connectivity index (χ1v) is 6.65. The van der Waals surface area contributed by atoms with Crippen LogP contribution in [0.4, 0.5) is 4.39 Å². The number of aldehydes is 1. The fraction of sp³-hybridized carbons (Fsp3) is 0.462. The lowest BCUT2D eigenvalue weighted by Gasteiger charge is -2.11. The number of carbonyl (C=O) groups excluding carboxylic acids is 1. The molecule has 5 heteroatoms. The number of ether oxygens (including phenoxy) is 2. The van der Waals surface area contributed by atoms with Gasteiger partial charge in [-0.3, -0.25) is 9.18 Å². The van der Waals surface area contributed by atoms with Crippen LogP contribution in [-0.4, -0.2) is 32.9 Å². The first kappa shape index (κ1) is 14.8. The third kappa shape index (κ3) is 3.91. The number of halogens is 1. The van der Waals surface area contributed by atoms with Crippen LogP contribution in [0.1, 0.15) is 23.2 Å². The number of alkyl halides is 1. The van der Waals surface area contributed by atoms with Crippen molar-refractivity contribution in [1.29, 1.82) is 0 Å². The van der Waals surface area contributed by atoms with Gasteiger partial charge in [0.15, 0.2) is 6.29 Å². The minimum atomic E-state index is -0.287. The minimum absolute atomic E-state index is 0.287. The molecule has 1 aromatic carbocycles. The summed E-state index contributed by atoms with van der Waals surface area (Å²) in [5.74, 6) is 1.98. The number of unbranched alkanes of at least 4 members (excludes halogenated alkanes) is 1. The topological polar surface area (TPSA) is 35.5 Å². The van der Waals surface area contributed by atoms with Crippen molar-refractivity contribution in [2.75, 3.05) is 26.6 Å². The molecule has 0 saturated heterocycles. The summed E-state index contributed by atoms with van der Waals surface area (Å²) >= 11 is 1.57. The Balaban J connectivity index is 2.84. The first-order chi connectivity index (χ1) is 8.76. The first-order valence-electron chi connectivity index (χ1n) is 5.66. The van der Waals surface area contributed by atoms with Crippen molar-refractivity contribution in [1.82, 2.24) is 0 Å². The van der Waals surface area contributed by atoms with Gasteiger partial charge in [-0.25, -0.2) is 0 Å². The summed E-state index contributed by atoms with van der Waals surface area (Å²) < 4.78 is 22.4. The highest BCUT2D eigenvalue weighted by molar-refractivity contribution is 7.99. The van der Waals surface area contributed by atoms with E-state index in [9.17, 15) is 9.18 Å². The van der Waals surface area contributed by atoms with Crippen LogP contribution in [-0.2, 0) is 0 Å². The highest BCUT2D eigenvalue weighted by Gasteiger charge is 2.11. The zero-order valence-electron chi connectivity index (χ0n) is 10.6. The monoisotopic (exact) mass is 272 g/mol. The summed E-state index contributed by atoms with van der Waals surface area (Å²) in [6, 6.07) is 3.44. The quantitative estimate of drug-likeness (QED) is 0.413. The van der Waals surface area contributed by atoms with Gasteiger partial charge in [-0.2, -0.15) is 0 Å². The second-order valence-electron chi connectivity index (χ2n) is 3.61. The summed E-state index contributed by atoms with van der Waals surface area (Å²) in [5.41, 5.74) is 0.461. The van der Waals surface area contributed by atoms with Gasteiger partial charge in [0.2, 0.25) is 0 Å². The lowest BCUT2D eigenvalue weighted by Crippen LogP contribution is -1.95. The number of methoxy groups -OCH3 is 2. The molecule has 0 spiro atoms. The molecular weight excluding hydrogens is 255 g/mol. The molecule has 0 aromatic heterocycles.